The molecular weight excluding hydrogens is 189 g/mol. The van der Waals surface area contributed by atoms with Crippen LogP contribution in [-0.2, 0) is 4.79 Å². The van der Waals surface area contributed by atoms with Crippen LogP contribution in [0.3, 0.4) is 0 Å². The summed E-state index contributed by atoms with van der Waals surface area (Å²) >= 11 is 0. The molecule has 0 spiro atoms. The van der Waals surface area contributed by atoms with Crippen molar-refractivity contribution in [1.29, 1.82) is 0 Å². The lowest BCUT2D eigenvalue weighted by Gasteiger charge is -2.11. The summed E-state index contributed by atoms with van der Waals surface area (Å²) in [7, 11) is 0. The zero-order chi connectivity index (χ0) is 10.7. The first-order valence-corrected chi connectivity index (χ1v) is 3.97. The van der Waals surface area contributed by atoms with Crippen LogP contribution in [0, 0.1) is 5.82 Å². The normalized spacial score (nSPS) is 12.4. The van der Waals surface area contributed by atoms with E-state index in [1.807, 2.05) is 0 Å². The van der Waals surface area contributed by atoms with Crippen LogP contribution < -0.4 is 5.73 Å². The van der Waals surface area contributed by atoms with Crippen LogP contribution in [0.5, 0.6) is 5.75 Å². The molecule has 0 saturated heterocycles. The van der Waals surface area contributed by atoms with E-state index in [0.29, 0.717) is 0 Å². The van der Waals surface area contributed by atoms with Crippen molar-refractivity contribution in [1.82, 2.24) is 0 Å². The second kappa shape index (κ2) is 4.06. The first-order valence-electron chi connectivity index (χ1n) is 3.97. The van der Waals surface area contributed by atoms with Gasteiger partial charge < -0.3 is 15.9 Å². The zero-order valence-corrected chi connectivity index (χ0v) is 7.27. The lowest BCUT2D eigenvalue weighted by Crippen LogP contribution is -2.16. The van der Waals surface area contributed by atoms with Crippen LogP contribution in [0.4, 0.5) is 4.39 Å². The molecule has 0 amide bonds. The third-order valence-electron chi connectivity index (χ3n) is 1.80. The molecule has 1 unspecified atom stereocenters. The number of carboxylic acid groups (broad SMARTS) is 1. The molecule has 1 aromatic carbocycles. The number of carboxylic acids is 1. The molecule has 76 valence electrons. The maximum Gasteiger partial charge on any atom is 0.305 e. The second-order valence-corrected chi connectivity index (χ2v) is 2.88. The Morgan fingerprint density at radius 1 is 1.57 bits per heavy atom. The van der Waals surface area contributed by atoms with E-state index in [2.05, 4.69) is 0 Å². The molecular formula is C9H10FNO3. The highest BCUT2D eigenvalue weighted by Gasteiger charge is 2.18. The summed E-state index contributed by atoms with van der Waals surface area (Å²) in [6.45, 7) is 0. The SMILES string of the molecule is NC(CC(=O)O)c1c(O)cccc1F. The van der Waals surface area contributed by atoms with Crippen molar-refractivity contribution in [3.8, 4) is 5.75 Å². The second-order valence-electron chi connectivity index (χ2n) is 2.88. The van der Waals surface area contributed by atoms with E-state index in [1.54, 1.807) is 0 Å². The minimum atomic E-state index is -1.14. The Morgan fingerprint density at radius 3 is 2.71 bits per heavy atom. The summed E-state index contributed by atoms with van der Waals surface area (Å²) in [6, 6.07) is 2.67. The monoisotopic (exact) mass is 199 g/mol. The molecule has 1 aromatic rings. The Morgan fingerprint density at radius 2 is 2.21 bits per heavy atom. The van der Waals surface area contributed by atoms with Gasteiger partial charge in [-0.2, -0.15) is 0 Å². The highest BCUT2D eigenvalue weighted by molar-refractivity contribution is 5.68. The number of rotatable bonds is 3. The molecule has 1 atom stereocenters. The van der Waals surface area contributed by atoms with E-state index in [1.165, 1.54) is 12.1 Å². The molecule has 0 aliphatic carbocycles. The van der Waals surface area contributed by atoms with Gasteiger partial charge in [0.05, 0.1) is 6.42 Å². The van der Waals surface area contributed by atoms with Crippen LogP contribution in [-0.4, -0.2) is 16.2 Å². The average Bonchev–Trinajstić information content (AvgIpc) is 2.01. The fraction of sp³-hybridized carbons (Fsp3) is 0.222. The number of aromatic hydroxyl groups is 1. The zero-order valence-electron chi connectivity index (χ0n) is 7.27. The van der Waals surface area contributed by atoms with Gasteiger partial charge in [-0.1, -0.05) is 6.07 Å². The van der Waals surface area contributed by atoms with Crippen LogP contribution in [0.25, 0.3) is 0 Å². The van der Waals surface area contributed by atoms with Crippen molar-refractivity contribution < 1.29 is 19.4 Å². The molecule has 0 bridgehead atoms. The van der Waals surface area contributed by atoms with Crippen molar-refractivity contribution >= 4 is 5.97 Å². The van der Waals surface area contributed by atoms with Gasteiger partial charge in [-0.15, -0.1) is 0 Å². The maximum absolute atomic E-state index is 13.1. The summed E-state index contributed by atoms with van der Waals surface area (Å²) in [5.74, 6) is -2.15. The molecule has 0 heterocycles. The smallest absolute Gasteiger partial charge is 0.305 e. The summed E-state index contributed by atoms with van der Waals surface area (Å²) in [5, 5.41) is 17.7. The Bertz CT molecular complexity index is 334. The Balaban J connectivity index is 2.99. The number of aliphatic carboxylic acids is 1. The molecule has 14 heavy (non-hydrogen) atoms. The Hall–Kier alpha value is -1.62. The van der Waals surface area contributed by atoms with E-state index >= 15 is 0 Å². The third-order valence-corrected chi connectivity index (χ3v) is 1.80. The number of phenols is 1. The molecule has 1 rings (SSSR count). The quantitative estimate of drug-likeness (QED) is 0.678. The first-order chi connectivity index (χ1) is 6.52. The minimum absolute atomic E-state index is 0.157. The fourth-order valence-corrected chi connectivity index (χ4v) is 1.18. The maximum atomic E-state index is 13.1. The fourth-order valence-electron chi connectivity index (χ4n) is 1.18. The van der Waals surface area contributed by atoms with Crippen LogP contribution in [0.1, 0.15) is 18.0 Å². The summed E-state index contributed by atoms with van der Waals surface area (Å²) < 4.78 is 13.1. The number of carbonyl (C=O) groups is 1. The minimum Gasteiger partial charge on any atom is -0.508 e. The Kier molecular flexibility index (Phi) is 3.03. The number of halogens is 1. The number of hydrogen-bond donors (Lipinski definition) is 3. The first kappa shape index (κ1) is 10.5. The summed E-state index contributed by atoms with van der Waals surface area (Å²) in [5.41, 5.74) is 5.26. The van der Waals surface area contributed by atoms with Crippen LogP contribution in [0.15, 0.2) is 18.2 Å². The highest BCUT2D eigenvalue weighted by atomic mass is 19.1. The van der Waals surface area contributed by atoms with Gasteiger partial charge in [0.25, 0.3) is 0 Å². The van der Waals surface area contributed by atoms with Gasteiger partial charge in [-0.3, -0.25) is 4.79 Å². The summed E-state index contributed by atoms with van der Waals surface area (Å²) in [4.78, 5) is 10.3. The molecule has 0 fully saturated rings. The van der Waals surface area contributed by atoms with Crippen molar-refractivity contribution in [3.05, 3.63) is 29.6 Å². The molecule has 0 radical (unpaired) electrons. The van der Waals surface area contributed by atoms with Gasteiger partial charge in [0.1, 0.15) is 11.6 Å². The number of hydrogen-bond acceptors (Lipinski definition) is 3. The standard InChI is InChI=1S/C9H10FNO3/c10-5-2-1-3-7(12)9(5)6(11)4-8(13)14/h1-3,6,12H,4,11H2,(H,13,14). The molecule has 0 aliphatic rings. The molecule has 4 nitrogen and oxygen atoms in total. The lowest BCUT2D eigenvalue weighted by molar-refractivity contribution is -0.137. The predicted molar refractivity (Wildman–Crippen MR) is 47.2 cm³/mol. The predicted octanol–water partition coefficient (Wildman–Crippen LogP) is 1.01. The summed E-state index contributed by atoms with van der Waals surface area (Å²) in [6.07, 6.45) is -0.422. The number of phenolic OH excluding ortho intramolecular Hbond substituents is 1. The van der Waals surface area contributed by atoms with Gasteiger partial charge >= 0.3 is 5.97 Å². The van der Waals surface area contributed by atoms with Crippen molar-refractivity contribution in [3.63, 3.8) is 0 Å². The van der Waals surface area contributed by atoms with E-state index < -0.39 is 24.2 Å². The molecule has 4 N–H and O–H groups in total. The number of benzene rings is 1. The van der Waals surface area contributed by atoms with Crippen molar-refractivity contribution in [2.45, 2.75) is 12.5 Å². The highest BCUT2D eigenvalue weighted by Crippen LogP contribution is 2.27. The molecule has 0 aliphatic heterocycles. The third kappa shape index (κ3) is 2.20. The lowest BCUT2D eigenvalue weighted by atomic mass is 10.0. The topological polar surface area (TPSA) is 83.6 Å². The van der Waals surface area contributed by atoms with E-state index in [0.717, 1.165) is 6.07 Å². The molecule has 0 saturated carbocycles. The van der Waals surface area contributed by atoms with E-state index in [-0.39, 0.29) is 11.3 Å². The van der Waals surface area contributed by atoms with Crippen molar-refractivity contribution in [2.24, 2.45) is 5.73 Å². The number of nitrogens with two attached hydrogens (primary N) is 1. The van der Waals surface area contributed by atoms with Crippen molar-refractivity contribution in [2.75, 3.05) is 0 Å². The van der Waals surface area contributed by atoms with Gasteiger partial charge in [-0.25, -0.2) is 4.39 Å². The molecule has 0 aromatic heterocycles. The Labute approximate surface area is 79.8 Å². The van der Waals surface area contributed by atoms with E-state index in [9.17, 15) is 14.3 Å². The van der Waals surface area contributed by atoms with Gasteiger partial charge in [-0.05, 0) is 12.1 Å². The average molecular weight is 199 g/mol. The van der Waals surface area contributed by atoms with Crippen LogP contribution >= 0.6 is 0 Å². The largest absolute Gasteiger partial charge is 0.508 e. The van der Waals surface area contributed by atoms with E-state index in [4.69, 9.17) is 10.8 Å². The molecule has 5 heteroatoms. The van der Waals surface area contributed by atoms with Gasteiger partial charge in [0.2, 0.25) is 0 Å². The van der Waals surface area contributed by atoms with Gasteiger partial charge in [0, 0.05) is 11.6 Å². The van der Waals surface area contributed by atoms with Crippen LogP contribution in [0.2, 0.25) is 0 Å². The van der Waals surface area contributed by atoms with Gasteiger partial charge in [0.15, 0.2) is 0 Å².